The molecule has 0 radical (unpaired) electrons. The molecular formula is C17H32O3. The third-order valence-electron chi connectivity index (χ3n) is 5.45. The minimum absolute atomic E-state index is 0.0472. The summed E-state index contributed by atoms with van der Waals surface area (Å²) in [6.45, 7) is 4.57. The zero-order valence-electron chi connectivity index (χ0n) is 13.6. The maximum atomic E-state index is 6.41. The molecule has 2 aliphatic rings. The number of ether oxygens (including phenoxy) is 3. The van der Waals surface area contributed by atoms with E-state index in [1.54, 1.807) is 14.2 Å². The Labute approximate surface area is 124 Å². The summed E-state index contributed by atoms with van der Waals surface area (Å²) in [4.78, 5) is 0. The van der Waals surface area contributed by atoms with Gasteiger partial charge in [-0.25, -0.2) is 0 Å². The van der Waals surface area contributed by atoms with Gasteiger partial charge in [0.05, 0.1) is 25.4 Å². The Balaban J connectivity index is 2.03. The fraction of sp³-hybridized carbons (Fsp3) is 1.00. The number of methoxy groups -OCH3 is 2. The molecule has 0 N–H and O–H groups in total. The Morgan fingerprint density at radius 2 is 1.45 bits per heavy atom. The van der Waals surface area contributed by atoms with Crippen LogP contribution in [0.15, 0.2) is 0 Å². The molecule has 0 spiro atoms. The molecule has 2 fully saturated rings. The molecule has 0 amide bonds. The highest BCUT2D eigenvalue weighted by Gasteiger charge is 2.43. The van der Waals surface area contributed by atoms with Gasteiger partial charge in [0.2, 0.25) is 0 Å². The van der Waals surface area contributed by atoms with Crippen molar-refractivity contribution in [2.24, 2.45) is 11.3 Å². The molecule has 0 aliphatic heterocycles. The standard InChI is InChI=1S/C17H32O3/c1-16(10-6-7-11-16)20-14-17(12-18-2,13-19-3)15-8-4-5-9-15/h15H,4-14H2,1-3H3. The fourth-order valence-electron chi connectivity index (χ4n) is 4.18. The molecule has 2 saturated carbocycles. The van der Waals surface area contributed by atoms with Crippen molar-refractivity contribution in [3.05, 3.63) is 0 Å². The van der Waals surface area contributed by atoms with Gasteiger partial charge in [0.15, 0.2) is 0 Å². The lowest BCUT2D eigenvalue weighted by Crippen LogP contribution is -2.45. The van der Waals surface area contributed by atoms with Gasteiger partial charge in [-0.15, -0.1) is 0 Å². The normalized spacial score (nSPS) is 23.6. The van der Waals surface area contributed by atoms with Crippen LogP contribution < -0.4 is 0 Å². The first-order chi connectivity index (χ1) is 9.64. The zero-order valence-corrected chi connectivity index (χ0v) is 13.6. The third kappa shape index (κ3) is 3.75. The molecule has 20 heavy (non-hydrogen) atoms. The van der Waals surface area contributed by atoms with E-state index in [0.717, 1.165) is 19.8 Å². The van der Waals surface area contributed by atoms with Crippen molar-refractivity contribution >= 4 is 0 Å². The summed E-state index contributed by atoms with van der Waals surface area (Å²) in [5, 5.41) is 0. The molecule has 118 valence electrons. The van der Waals surface area contributed by atoms with Crippen LogP contribution in [0, 0.1) is 11.3 Å². The van der Waals surface area contributed by atoms with Crippen molar-refractivity contribution in [1.82, 2.24) is 0 Å². The highest BCUT2D eigenvalue weighted by molar-refractivity contribution is 4.91. The van der Waals surface area contributed by atoms with E-state index in [1.165, 1.54) is 51.4 Å². The van der Waals surface area contributed by atoms with E-state index >= 15 is 0 Å². The fourth-order valence-corrected chi connectivity index (χ4v) is 4.18. The van der Waals surface area contributed by atoms with Gasteiger partial charge in [-0.3, -0.25) is 0 Å². The summed E-state index contributed by atoms with van der Waals surface area (Å²) in [6, 6.07) is 0. The number of rotatable bonds is 8. The summed E-state index contributed by atoms with van der Waals surface area (Å²) >= 11 is 0. The molecule has 2 rings (SSSR count). The van der Waals surface area contributed by atoms with Crippen LogP contribution in [-0.4, -0.2) is 39.6 Å². The molecule has 3 heteroatoms. The molecule has 3 nitrogen and oxygen atoms in total. The van der Waals surface area contributed by atoms with E-state index in [-0.39, 0.29) is 11.0 Å². The molecule has 0 unspecified atom stereocenters. The predicted molar refractivity (Wildman–Crippen MR) is 81.0 cm³/mol. The first kappa shape index (κ1) is 16.3. The first-order valence-corrected chi connectivity index (χ1v) is 8.26. The molecule has 0 aromatic heterocycles. The van der Waals surface area contributed by atoms with E-state index < -0.39 is 0 Å². The van der Waals surface area contributed by atoms with Gasteiger partial charge in [0.1, 0.15) is 0 Å². The molecule has 2 aliphatic carbocycles. The summed E-state index contributed by atoms with van der Waals surface area (Å²) in [5.74, 6) is 0.687. The van der Waals surface area contributed by atoms with Crippen LogP contribution in [-0.2, 0) is 14.2 Å². The average molecular weight is 284 g/mol. The highest BCUT2D eigenvalue weighted by Crippen LogP contribution is 2.43. The predicted octanol–water partition coefficient (Wildman–Crippen LogP) is 3.81. The minimum Gasteiger partial charge on any atom is -0.384 e. The van der Waals surface area contributed by atoms with Gasteiger partial charge in [-0.2, -0.15) is 0 Å². The molecule has 0 heterocycles. The highest BCUT2D eigenvalue weighted by atomic mass is 16.5. The smallest absolute Gasteiger partial charge is 0.0654 e. The summed E-state index contributed by atoms with van der Waals surface area (Å²) in [5.41, 5.74) is 0.136. The maximum Gasteiger partial charge on any atom is 0.0654 e. The Kier molecular flexibility index (Phi) is 5.88. The Morgan fingerprint density at radius 3 is 1.95 bits per heavy atom. The van der Waals surface area contributed by atoms with Crippen molar-refractivity contribution < 1.29 is 14.2 Å². The summed E-state index contributed by atoms with van der Waals surface area (Å²) < 4.78 is 17.5. The second-order valence-electron chi connectivity index (χ2n) is 7.16. The lowest BCUT2D eigenvalue weighted by Gasteiger charge is -2.40. The number of hydrogen-bond donors (Lipinski definition) is 0. The van der Waals surface area contributed by atoms with Crippen LogP contribution in [0.2, 0.25) is 0 Å². The maximum absolute atomic E-state index is 6.41. The van der Waals surface area contributed by atoms with E-state index in [1.807, 2.05) is 0 Å². The molecule has 0 saturated heterocycles. The Morgan fingerprint density at radius 1 is 0.900 bits per heavy atom. The molecule has 0 aromatic carbocycles. The lowest BCUT2D eigenvalue weighted by atomic mass is 9.76. The van der Waals surface area contributed by atoms with Crippen molar-refractivity contribution in [3.8, 4) is 0 Å². The van der Waals surface area contributed by atoms with Crippen LogP contribution >= 0.6 is 0 Å². The largest absolute Gasteiger partial charge is 0.384 e. The van der Waals surface area contributed by atoms with Crippen molar-refractivity contribution in [1.29, 1.82) is 0 Å². The quantitative estimate of drug-likeness (QED) is 0.678. The minimum atomic E-state index is 0.0472. The van der Waals surface area contributed by atoms with Gasteiger partial charge < -0.3 is 14.2 Å². The van der Waals surface area contributed by atoms with Crippen LogP contribution in [0.5, 0.6) is 0 Å². The van der Waals surface area contributed by atoms with Crippen molar-refractivity contribution in [3.63, 3.8) is 0 Å². The lowest BCUT2D eigenvalue weighted by molar-refractivity contribution is -0.128. The molecular weight excluding hydrogens is 252 g/mol. The van der Waals surface area contributed by atoms with E-state index in [2.05, 4.69) is 6.92 Å². The monoisotopic (exact) mass is 284 g/mol. The molecule has 0 aromatic rings. The zero-order chi connectivity index (χ0) is 14.5. The third-order valence-corrected chi connectivity index (χ3v) is 5.45. The average Bonchev–Trinajstić information content (AvgIpc) is 3.09. The summed E-state index contributed by atoms with van der Waals surface area (Å²) in [6.07, 6.45) is 10.3. The summed E-state index contributed by atoms with van der Waals surface area (Å²) in [7, 11) is 3.60. The Bertz CT molecular complexity index is 272. The van der Waals surface area contributed by atoms with E-state index in [4.69, 9.17) is 14.2 Å². The first-order valence-electron chi connectivity index (χ1n) is 8.26. The van der Waals surface area contributed by atoms with Crippen LogP contribution in [0.25, 0.3) is 0 Å². The SMILES string of the molecule is COCC(COC)(COC1(C)CCCC1)C1CCCC1. The van der Waals surface area contributed by atoms with Gasteiger partial charge >= 0.3 is 0 Å². The second kappa shape index (κ2) is 7.24. The topological polar surface area (TPSA) is 27.7 Å². The van der Waals surface area contributed by atoms with Crippen LogP contribution in [0.1, 0.15) is 58.3 Å². The second-order valence-corrected chi connectivity index (χ2v) is 7.16. The van der Waals surface area contributed by atoms with Gasteiger partial charge in [-0.05, 0) is 38.5 Å². The van der Waals surface area contributed by atoms with Crippen LogP contribution in [0.3, 0.4) is 0 Å². The van der Waals surface area contributed by atoms with E-state index in [9.17, 15) is 0 Å². The van der Waals surface area contributed by atoms with Crippen molar-refractivity contribution in [2.45, 2.75) is 63.9 Å². The van der Waals surface area contributed by atoms with E-state index in [0.29, 0.717) is 5.92 Å². The van der Waals surface area contributed by atoms with Gasteiger partial charge in [0, 0.05) is 19.6 Å². The number of hydrogen-bond acceptors (Lipinski definition) is 3. The van der Waals surface area contributed by atoms with Crippen molar-refractivity contribution in [2.75, 3.05) is 34.0 Å². The molecule has 0 bridgehead atoms. The van der Waals surface area contributed by atoms with Gasteiger partial charge in [-0.1, -0.05) is 25.7 Å². The van der Waals surface area contributed by atoms with Gasteiger partial charge in [0.25, 0.3) is 0 Å². The van der Waals surface area contributed by atoms with Crippen LogP contribution in [0.4, 0.5) is 0 Å². The Hall–Kier alpha value is -0.120. The molecule has 0 atom stereocenters.